The number of nitrogens with zero attached hydrogens (tertiary/aromatic N) is 4. The Kier molecular flexibility index (Phi) is 5.92. The van der Waals surface area contributed by atoms with Crippen LogP contribution in [0.3, 0.4) is 0 Å². The first-order valence-electron chi connectivity index (χ1n) is 10.2. The zero-order valence-electron chi connectivity index (χ0n) is 17.5. The molecule has 4 rings (SSSR count). The van der Waals surface area contributed by atoms with E-state index in [0.717, 1.165) is 59.7 Å². The average molecular weight is 428 g/mol. The van der Waals surface area contributed by atoms with Crippen LogP contribution in [0.15, 0.2) is 24.3 Å². The van der Waals surface area contributed by atoms with Crippen molar-refractivity contribution in [1.29, 1.82) is 0 Å². The quantitative estimate of drug-likeness (QED) is 0.608. The van der Waals surface area contributed by atoms with Gasteiger partial charge >= 0.3 is 0 Å². The Morgan fingerprint density at radius 3 is 2.70 bits per heavy atom. The lowest BCUT2D eigenvalue weighted by Gasteiger charge is -2.19. The summed E-state index contributed by atoms with van der Waals surface area (Å²) in [5.41, 5.74) is 3.80. The van der Waals surface area contributed by atoms with Crippen LogP contribution in [-0.2, 0) is 4.74 Å². The fourth-order valence-corrected chi connectivity index (χ4v) is 4.16. The molecule has 1 fully saturated rings. The number of aromatic nitrogens is 3. The number of anilines is 1. The van der Waals surface area contributed by atoms with Crippen LogP contribution in [-0.4, -0.2) is 53.8 Å². The first-order valence-corrected chi connectivity index (χ1v) is 10.6. The highest BCUT2D eigenvalue weighted by Gasteiger charge is 2.26. The Labute approximate surface area is 181 Å². The Bertz CT molecular complexity index is 1090. The molecule has 2 aromatic heterocycles. The minimum absolute atomic E-state index is 0.168. The van der Waals surface area contributed by atoms with Crippen LogP contribution in [0.4, 0.5) is 5.82 Å². The van der Waals surface area contributed by atoms with E-state index in [1.54, 1.807) is 7.11 Å². The summed E-state index contributed by atoms with van der Waals surface area (Å²) < 4.78 is 7.09. The highest BCUT2D eigenvalue weighted by atomic mass is 35.5. The van der Waals surface area contributed by atoms with E-state index in [0.29, 0.717) is 18.2 Å². The Hall–Kier alpha value is -2.64. The molecule has 158 valence electrons. The minimum Gasteiger partial charge on any atom is -0.383 e. The number of hydrogen-bond donors (Lipinski definition) is 1. The van der Waals surface area contributed by atoms with Crippen molar-refractivity contribution in [1.82, 2.24) is 19.9 Å². The molecule has 0 unspecified atom stereocenters. The second-order valence-corrected chi connectivity index (χ2v) is 7.97. The summed E-state index contributed by atoms with van der Waals surface area (Å²) in [6.45, 7) is 6.84. The third-order valence-corrected chi connectivity index (χ3v) is 5.84. The Morgan fingerprint density at radius 1 is 1.23 bits per heavy atom. The van der Waals surface area contributed by atoms with E-state index in [4.69, 9.17) is 26.3 Å². The van der Waals surface area contributed by atoms with Crippen LogP contribution in [0.5, 0.6) is 0 Å². The molecule has 1 aliphatic rings. The molecule has 0 spiro atoms. The molecule has 1 saturated heterocycles. The number of aryl methyl sites for hydroxylation is 1. The number of nitrogens with one attached hydrogen (secondary N) is 1. The molecule has 1 aromatic carbocycles. The summed E-state index contributed by atoms with van der Waals surface area (Å²) in [4.78, 5) is 24.5. The van der Waals surface area contributed by atoms with Gasteiger partial charge in [0.25, 0.3) is 5.91 Å². The summed E-state index contributed by atoms with van der Waals surface area (Å²) in [5.74, 6) is 0.695. The highest BCUT2D eigenvalue weighted by Crippen LogP contribution is 2.35. The van der Waals surface area contributed by atoms with Crippen molar-refractivity contribution in [3.05, 3.63) is 46.4 Å². The number of fused-ring (bicyclic) bond motifs is 1. The van der Waals surface area contributed by atoms with E-state index in [-0.39, 0.29) is 11.7 Å². The molecule has 0 bridgehead atoms. The zero-order chi connectivity index (χ0) is 21.3. The summed E-state index contributed by atoms with van der Waals surface area (Å²) in [5, 5.41) is 4.47. The van der Waals surface area contributed by atoms with Gasteiger partial charge in [0, 0.05) is 43.1 Å². The van der Waals surface area contributed by atoms with Crippen molar-refractivity contribution in [2.75, 3.05) is 38.3 Å². The maximum Gasteiger partial charge on any atom is 0.289 e. The molecular formula is C22H26ClN5O2. The van der Waals surface area contributed by atoms with Crippen molar-refractivity contribution >= 4 is 34.4 Å². The second-order valence-electron chi connectivity index (χ2n) is 7.54. The molecule has 3 heterocycles. The maximum atomic E-state index is 12.8. The monoisotopic (exact) mass is 427 g/mol. The normalized spacial score (nSPS) is 13.9. The number of methoxy groups -OCH3 is 1. The van der Waals surface area contributed by atoms with Crippen LogP contribution in [0.25, 0.3) is 16.7 Å². The largest absolute Gasteiger partial charge is 0.383 e. The predicted octanol–water partition coefficient (Wildman–Crippen LogP) is 3.67. The number of halogens is 1. The van der Waals surface area contributed by atoms with Gasteiger partial charge in [0.1, 0.15) is 5.82 Å². The molecule has 7 nitrogen and oxygen atoms in total. The van der Waals surface area contributed by atoms with Crippen molar-refractivity contribution in [2.45, 2.75) is 26.7 Å². The van der Waals surface area contributed by atoms with E-state index in [1.807, 2.05) is 24.3 Å². The molecule has 0 atom stereocenters. The Balaban J connectivity index is 1.92. The van der Waals surface area contributed by atoms with Gasteiger partial charge in [0.05, 0.1) is 12.0 Å². The van der Waals surface area contributed by atoms with E-state index in [9.17, 15) is 4.79 Å². The number of benzene rings is 1. The van der Waals surface area contributed by atoms with Crippen molar-refractivity contribution in [3.8, 4) is 5.69 Å². The molecule has 0 saturated carbocycles. The summed E-state index contributed by atoms with van der Waals surface area (Å²) in [7, 11) is 1.60. The molecule has 8 heteroatoms. The maximum absolute atomic E-state index is 12.8. The summed E-state index contributed by atoms with van der Waals surface area (Å²) in [6.07, 6.45) is 2.24. The van der Waals surface area contributed by atoms with E-state index >= 15 is 0 Å². The zero-order valence-corrected chi connectivity index (χ0v) is 18.3. The third-order valence-electron chi connectivity index (χ3n) is 5.60. The van der Waals surface area contributed by atoms with Gasteiger partial charge in [-0.05, 0) is 50.5 Å². The first-order chi connectivity index (χ1) is 14.5. The van der Waals surface area contributed by atoms with Crippen molar-refractivity contribution in [3.63, 3.8) is 0 Å². The number of rotatable bonds is 6. The van der Waals surface area contributed by atoms with Gasteiger partial charge in [-0.15, -0.1) is 0 Å². The fraction of sp³-hybridized carbons (Fsp3) is 0.409. The number of amides is 1. The van der Waals surface area contributed by atoms with Crippen LogP contribution >= 0.6 is 11.6 Å². The lowest BCUT2D eigenvalue weighted by atomic mass is 10.2. The highest BCUT2D eigenvalue weighted by molar-refractivity contribution is 6.30. The molecule has 0 aliphatic carbocycles. The molecule has 30 heavy (non-hydrogen) atoms. The van der Waals surface area contributed by atoms with Gasteiger partial charge in [-0.25, -0.2) is 9.97 Å². The third kappa shape index (κ3) is 3.75. The van der Waals surface area contributed by atoms with Gasteiger partial charge in [0.15, 0.2) is 5.65 Å². The molecule has 1 amide bonds. The molecule has 3 aromatic rings. The van der Waals surface area contributed by atoms with Crippen molar-refractivity contribution < 1.29 is 9.53 Å². The first kappa shape index (κ1) is 20.6. The molecular weight excluding hydrogens is 402 g/mol. The average Bonchev–Trinajstić information content (AvgIpc) is 3.35. The predicted molar refractivity (Wildman–Crippen MR) is 119 cm³/mol. The topological polar surface area (TPSA) is 72.3 Å². The number of ether oxygens (including phenoxy) is 1. The van der Waals surface area contributed by atoms with E-state index < -0.39 is 0 Å². The van der Waals surface area contributed by atoms with E-state index in [2.05, 4.69) is 28.6 Å². The van der Waals surface area contributed by atoms with Crippen LogP contribution in [0, 0.1) is 13.8 Å². The molecule has 1 N–H and O–H groups in total. The fourth-order valence-electron chi connectivity index (χ4n) is 3.98. The van der Waals surface area contributed by atoms with E-state index in [1.165, 1.54) is 0 Å². The van der Waals surface area contributed by atoms with Crippen LogP contribution in [0.2, 0.25) is 5.02 Å². The summed E-state index contributed by atoms with van der Waals surface area (Å²) >= 11 is 6.26. The van der Waals surface area contributed by atoms with Crippen LogP contribution < -0.4 is 10.2 Å². The van der Waals surface area contributed by atoms with Crippen LogP contribution in [0.1, 0.15) is 34.7 Å². The number of hydrogen-bond acceptors (Lipinski definition) is 5. The smallest absolute Gasteiger partial charge is 0.289 e. The number of carbonyl (C=O) groups is 1. The molecule has 0 radical (unpaired) electrons. The van der Waals surface area contributed by atoms with Crippen molar-refractivity contribution in [2.24, 2.45) is 0 Å². The van der Waals surface area contributed by atoms with Gasteiger partial charge in [-0.1, -0.05) is 17.7 Å². The Morgan fingerprint density at radius 2 is 2.00 bits per heavy atom. The lowest BCUT2D eigenvalue weighted by Crippen LogP contribution is -2.30. The SMILES string of the molecule is COCCNC(=O)c1nc(N2CCCC2)c2c(C)c(C)n(-c3cccc(Cl)c3)c2n1. The standard InChI is InChI=1S/C22H26ClN5O2/c1-14-15(2)28(17-8-6-7-16(23)13-17)21-18(14)20(27-10-4-5-11-27)25-19(26-21)22(29)24-9-12-30-3/h6-8,13H,4-5,9-12H2,1-3H3,(H,24,29). The van der Waals surface area contributed by atoms with Gasteiger partial charge in [-0.3, -0.25) is 9.36 Å². The second kappa shape index (κ2) is 8.62. The number of carbonyl (C=O) groups excluding carboxylic acids is 1. The van der Waals surface area contributed by atoms with Gasteiger partial charge in [-0.2, -0.15) is 0 Å². The summed E-state index contributed by atoms with van der Waals surface area (Å²) in [6, 6.07) is 7.66. The van der Waals surface area contributed by atoms with Gasteiger partial charge < -0.3 is 15.0 Å². The van der Waals surface area contributed by atoms with Gasteiger partial charge in [0.2, 0.25) is 5.82 Å². The minimum atomic E-state index is -0.302. The molecule has 1 aliphatic heterocycles. The lowest BCUT2D eigenvalue weighted by molar-refractivity contribution is 0.0927.